The van der Waals surface area contributed by atoms with Crippen LogP contribution in [0.4, 0.5) is 0 Å². The van der Waals surface area contributed by atoms with Crippen molar-refractivity contribution in [2.45, 2.75) is 18.9 Å². The summed E-state index contributed by atoms with van der Waals surface area (Å²) in [5, 5.41) is 11.0. The molecule has 4 rings (SSSR count). The predicted octanol–water partition coefficient (Wildman–Crippen LogP) is 3.94. The Bertz CT molecular complexity index is 1330. The second kappa shape index (κ2) is 10.5. The highest BCUT2D eigenvalue weighted by molar-refractivity contribution is 7.88. The fourth-order valence-electron chi connectivity index (χ4n) is 4.20. The van der Waals surface area contributed by atoms with Gasteiger partial charge in [0, 0.05) is 42.9 Å². The summed E-state index contributed by atoms with van der Waals surface area (Å²) in [7, 11) is -3.16. The molecule has 0 spiro atoms. The lowest BCUT2D eigenvalue weighted by Crippen LogP contribution is -2.53. The Morgan fingerprint density at radius 1 is 1.26 bits per heavy atom. The number of alkyl halides is 1. The van der Waals surface area contributed by atoms with Gasteiger partial charge >= 0.3 is 0 Å². The van der Waals surface area contributed by atoms with Crippen molar-refractivity contribution >= 4 is 44.1 Å². The first-order valence-electron chi connectivity index (χ1n) is 11.0. The van der Waals surface area contributed by atoms with Gasteiger partial charge in [0.25, 0.3) is 0 Å². The number of halogens is 2. The van der Waals surface area contributed by atoms with E-state index in [9.17, 15) is 13.7 Å². The molecule has 1 unspecified atom stereocenters. The van der Waals surface area contributed by atoms with Gasteiger partial charge < -0.3 is 9.30 Å². The third-order valence-electron chi connectivity index (χ3n) is 6.04. The lowest BCUT2D eigenvalue weighted by Gasteiger charge is -2.41. The van der Waals surface area contributed by atoms with E-state index in [1.54, 1.807) is 12.1 Å². The lowest BCUT2D eigenvalue weighted by atomic mass is 10.0. The SMILES string of the molecule is CS(=O)(=O)NCC1CCN1CCc1ccc2c(ccn2-c2cc(Cl)c(OCCCl)c(C#N)c2)c1. The summed E-state index contributed by atoms with van der Waals surface area (Å²) in [6.07, 6.45) is 5.04. The molecule has 1 saturated heterocycles. The van der Waals surface area contributed by atoms with Gasteiger partial charge in [-0.15, -0.1) is 11.6 Å². The zero-order valence-electron chi connectivity index (χ0n) is 18.8. The molecule has 3 aromatic rings. The Balaban J connectivity index is 1.48. The molecule has 0 amide bonds. The van der Waals surface area contributed by atoms with Crippen LogP contribution >= 0.6 is 23.2 Å². The summed E-state index contributed by atoms with van der Waals surface area (Å²) >= 11 is 12.1. The Labute approximate surface area is 209 Å². The van der Waals surface area contributed by atoms with Crippen molar-refractivity contribution in [1.82, 2.24) is 14.2 Å². The van der Waals surface area contributed by atoms with Crippen LogP contribution in [-0.4, -0.2) is 62.3 Å². The molecule has 1 aromatic heterocycles. The van der Waals surface area contributed by atoms with Crippen molar-refractivity contribution in [2.24, 2.45) is 0 Å². The highest BCUT2D eigenvalue weighted by Crippen LogP contribution is 2.33. The highest BCUT2D eigenvalue weighted by Gasteiger charge is 2.27. The molecular formula is C24H26Cl2N4O3S. The van der Waals surface area contributed by atoms with Gasteiger partial charge in [0.05, 0.1) is 28.2 Å². The van der Waals surface area contributed by atoms with Crippen LogP contribution in [0.3, 0.4) is 0 Å². The minimum absolute atomic E-state index is 0.259. The van der Waals surface area contributed by atoms with E-state index in [2.05, 4.69) is 33.9 Å². The summed E-state index contributed by atoms with van der Waals surface area (Å²) in [5.41, 5.74) is 3.37. The van der Waals surface area contributed by atoms with Gasteiger partial charge in [-0.2, -0.15) is 5.26 Å². The number of fused-ring (bicyclic) bond motifs is 1. The Kier molecular flexibility index (Phi) is 7.70. The lowest BCUT2D eigenvalue weighted by molar-refractivity contribution is 0.0958. The van der Waals surface area contributed by atoms with Gasteiger partial charge in [-0.3, -0.25) is 4.90 Å². The molecule has 7 nitrogen and oxygen atoms in total. The molecule has 10 heteroatoms. The van der Waals surface area contributed by atoms with Gasteiger partial charge in [0.15, 0.2) is 5.75 Å². The Morgan fingerprint density at radius 2 is 2.09 bits per heavy atom. The number of aromatic nitrogens is 1. The molecule has 1 aliphatic heterocycles. The molecule has 0 saturated carbocycles. The number of hydrogen-bond acceptors (Lipinski definition) is 5. The monoisotopic (exact) mass is 520 g/mol. The van der Waals surface area contributed by atoms with Gasteiger partial charge in [-0.1, -0.05) is 17.7 Å². The van der Waals surface area contributed by atoms with Gasteiger partial charge in [-0.05, 0) is 48.7 Å². The number of hydrogen-bond donors (Lipinski definition) is 1. The number of benzene rings is 2. The molecule has 0 radical (unpaired) electrons. The molecule has 0 aliphatic carbocycles. The van der Waals surface area contributed by atoms with E-state index in [4.69, 9.17) is 27.9 Å². The summed E-state index contributed by atoms with van der Waals surface area (Å²) in [4.78, 5) is 2.31. The predicted molar refractivity (Wildman–Crippen MR) is 136 cm³/mol. The quantitative estimate of drug-likeness (QED) is 0.409. The van der Waals surface area contributed by atoms with E-state index in [0.29, 0.717) is 28.8 Å². The number of nitrogens with zero attached hydrogens (tertiary/aromatic N) is 3. The standard InChI is InChI=1S/C24H26Cl2N4O3S/c1-34(31,32)28-16-20-6-9-29(20)8-4-17-2-3-23-18(12-17)5-10-30(23)21-13-19(15-27)24(22(26)14-21)33-11-7-25/h2-3,5,10,12-14,20,28H,4,6-9,11,16H2,1H3. The van der Waals surface area contributed by atoms with Crippen molar-refractivity contribution in [3.63, 3.8) is 0 Å². The number of sulfonamides is 1. The van der Waals surface area contributed by atoms with E-state index in [-0.39, 0.29) is 12.6 Å². The summed E-state index contributed by atoms with van der Waals surface area (Å²) in [6, 6.07) is 14.3. The van der Waals surface area contributed by atoms with Crippen LogP contribution < -0.4 is 9.46 Å². The minimum atomic E-state index is -3.16. The van der Waals surface area contributed by atoms with Crippen molar-refractivity contribution in [3.05, 3.63) is 58.7 Å². The molecule has 2 heterocycles. The number of rotatable bonds is 10. The molecule has 1 fully saturated rings. The van der Waals surface area contributed by atoms with Crippen LogP contribution in [0.15, 0.2) is 42.6 Å². The topological polar surface area (TPSA) is 87.4 Å². The van der Waals surface area contributed by atoms with Crippen LogP contribution in [0, 0.1) is 11.3 Å². The number of ether oxygens (including phenoxy) is 1. The molecule has 1 N–H and O–H groups in total. The highest BCUT2D eigenvalue weighted by atomic mass is 35.5. The first-order valence-corrected chi connectivity index (χ1v) is 13.8. The van der Waals surface area contributed by atoms with Crippen molar-refractivity contribution in [2.75, 3.05) is 38.4 Å². The largest absolute Gasteiger partial charge is 0.489 e. The zero-order valence-corrected chi connectivity index (χ0v) is 21.1. The maximum absolute atomic E-state index is 11.3. The van der Waals surface area contributed by atoms with E-state index in [0.717, 1.165) is 42.5 Å². The van der Waals surface area contributed by atoms with E-state index in [1.807, 2.05) is 16.8 Å². The number of likely N-dealkylation sites (tertiary alicyclic amines) is 1. The normalized spacial score (nSPS) is 16.4. The maximum atomic E-state index is 11.3. The molecule has 0 bridgehead atoms. The van der Waals surface area contributed by atoms with Gasteiger partial charge in [-0.25, -0.2) is 13.1 Å². The van der Waals surface area contributed by atoms with Gasteiger partial charge in [0.2, 0.25) is 10.0 Å². The molecule has 1 atom stereocenters. The molecule has 2 aromatic carbocycles. The van der Waals surface area contributed by atoms with E-state index in [1.165, 1.54) is 11.8 Å². The Hall–Kier alpha value is -2.28. The third kappa shape index (κ3) is 5.68. The van der Waals surface area contributed by atoms with E-state index >= 15 is 0 Å². The zero-order chi connectivity index (χ0) is 24.3. The van der Waals surface area contributed by atoms with Crippen LogP contribution in [0.2, 0.25) is 5.02 Å². The first kappa shape index (κ1) is 24.8. The van der Waals surface area contributed by atoms with Crippen molar-refractivity contribution in [1.29, 1.82) is 5.26 Å². The molecule has 180 valence electrons. The number of nitriles is 1. The summed E-state index contributed by atoms with van der Waals surface area (Å²) < 4.78 is 32.8. The molecule has 34 heavy (non-hydrogen) atoms. The molecular weight excluding hydrogens is 495 g/mol. The van der Waals surface area contributed by atoms with E-state index < -0.39 is 10.0 Å². The second-order valence-corrected chi connectivity index (χ2v) is 11.0. The van der Waals surface area contributed by atoms with Crippen LogP contribution in [-0.2, 0) is 16.4 Å². The van der Waals surface area contributed by atoms with Crippen molar-refractivity contribution in [3.8, 4) is 17.5 Å². The van der Waals surface area contributed by atoms with Crippen molar-refractivity contribution < 1.29 is 13.2 Å². The van der Waals surface area contributed by atoms with Crippen LogP contribution in [0.5, 0.6) is 5.75 Å². The summed E-state index contributed by atoms with van der Waals surface area (Å²) in [5.74, 6) is 0.659. The summed E-state index contributed by atoms with van der Waals surface area (Å²) in [6.45, 7) is 2.61. The molecule has 1 aliphatic rings. The Morgan fingerprint density at radius 3 is 2.76 bits per heavy atom. The van der Waals surface area contributed by atoms with Gasteiger partial charge in [0.1, 0.15) is 12.7 Å². The maximum Gasteiger partial charge on any atom is 0.208 e. The first-order chi connectivity index (χ1) is 16.3. The third-order valence-corrected chi connectivity index (χ3v) is 7.17. The van der Waals surface area contributed by atoms with Crippen LogP contribution in [0.1, 0.15) is 17.5 Å². The second-order valence-electron chi connectivity index (χ2n) is 8.38. The fraction of sp³-hybridized carbons (Fsp3) is 0.375. The smallest absolute Gasteiger partial charge is 0.208 e. The minimum Gasteiger partial charge on any atom is -0.489 e. The van der Waals surface area contributed by atoms with Crippen LogP contribution in [0.25, 0.3) is 16.6 Å². The average molecular weight is 521 g/mol. The fourth-order valence-corrected chi connectivity index (χ4v) is 5.04. The average Bonchev–Trinajstić information content (AvgIpc) is 3.19. The number of nitrogens with one attached hydrogen (secondary N) is 1.